The SMILES string of the molecule is CC1=C(C(C)(C)C)C(=O)C12SCCS2. The van der Waals surface area contributed by atoms with E-state index < -0.39 is 0 Å². The molecule has 1 fully saturated rings. The molecule has 0 aromatic heterocycles. The normalized spacial score (nSPS) is 25.9. The van der Waals surface area contributed by atoms with Crippen molar-refractivity contribution in [1.82, 2.24) is 0 Å². The van der Waals surface area contributed by atoms with Gasteiger partial charge >= 0.3 is 0 Å². The average molecular weight is 228 g/mol. The fourth-order valence-electron chi connectivity index (χ4n) is 2.27. The van der Waals surface area contributed by atoms with Gasteiger partial charge in [-0.25, -0.2) is 0 Å². The molecule has 0 saturated carbocycles. The second-order valence-electron chi connectivity index (χ2n) is 4.89. The molecule has 3 heteroatoms. The number of hydrogen-bond acceptors (Lipinski definition) is 3. The van der Waals surface area contributed by atoms with Crippen LogP contribution in [0.4, 0.5) is 0 Å². The van der Waals surface area contributed by atoms with E-state index in [0.29, 0.717) is 5.78 Å². The summed E-state index contributed by atoms with van der Waals surface area (Å²) in [6, 6.07) is 0. The minimum atomic E-state index is -0.164. The van der Waals surface area contributed by atoms with E-state index in [0.717, 1.165) is 17.1 Å². The summed E-state index contributed by atoms with van der Waals surface area (Å²) in [6.45, 7) is 8.51. The summed E-state index contributed by atoms with van der Waals surface area (Å²) in [5, 5.41) is 0. The van der Waals surface area contributed by atoms with Crippen LogP contribution in [0.15, 0.2) is 11.1 Å². The van der Waals surface area contributed by atoms with Crippen molar-refractivity contribution in [1.29, 1.82) is 0 Å². The first-order chi connectivity index (χ1) is 6.39. The molecule has 2 rings (SSSR count). The van der Waals surface area contributed by atoms with E-state index in [1.54, 1.807) is 0 Å². The lowest BCUT2D eigenvalue weighted by Crippen LogP contribution is -2.47. The van der Waals surface area contributed by atoms with Gasteiger partial charge in [0, 0.05) is 17.1 Å². The number of thioether (sulfide) groups is 2. The van der Waals surface area contributed by atoms with Crippen molar-refractivity contribution in [2.75, 3.05) is 11.5 Å². The number of carbonyl (C=O) groups excluding carboxylic acids is 1. The van der Waals surface area contributed by atoms with Crippen molar-refractivity contribution in [3.8, 4) is 0 Å². The molecular weight excluding hydrogens is 212 g/mol. The smallest absolute Gasteiger partial charge is 0.189 e. The molecule has 0 aromatic rings. The Hall–Kier alpha value is 0.110. The van der Waals surface area contributed by atoms with Crippen LogP contribution in [0.5, 0.6) is 0 Å². The van der Waals surface area contributed by atoms with E-state index in [1.807, 2.05) is 23.5 Å². The summed E-state index contributed by atoms with van der Waals surface area (Å²) in [6.07, 6.45) is 0. The van der Waals surface area contributed by atoms with Gasteiger partial charge in [-0.15, -0.1) is 23.5 Å². The van der Waals surface area contributed by atoms with Crippen molar-refractivity contribution < 1.29 is 4.79 Å². The highest BCUT2D eigenvalue weighted by atomic mass is 32.2. The maximum absolute atomic E-state index is 12.1. The average Bonchev–Trinajstić information content (AvgIpc) is 2.51. The van der Waals surface area contributed by atoms with Crippen molar-refractivity contribution >= 4 is 29.3 Å². The van der Waals surface area contributed by atoms with Crippen LogP contribution in [0.3, 0.4) is 0 Å². The molecule has 0 N–H and O–H groups in total. The molecule has 1 nitrogen and oxygen atoms in total. The van der Waals surface area contributed by atoms with E-state index in [1.165, 1.54) is 5.57 Å². The Kier molecular flexibility index (Phi) is 2.31. The lowest BCUT2D eigenvalue weighted by atomic mass is 9.72. The fraction of sp³-hybridized carbons (Fsp3) is 0.727. The van der Waals surface area contributed by atoms with Crippen molar-refractivity contribution in [3.05, 3.63) is 11.1 Å². The van der Waals surface area contributed by atoms with Gasteiger partial charge in [-0.05, 0) is 17.9 Å². The van der Waals surface area contributed by atoms with E-state index >= 15 is 0 Å². The van der Waals surface area contributed by atoms with Crippen LogP contribution in [0.2, 0.25) is 0 Å². The van der Waals surface area contributed by atoms with Gasteiger partial charge in [-0.2, -0.15) is 0 Å². The van der Waals surface area contributed by atoms with Crippen molar-refractivity contribution in [2.24, 2.45) is 5.41 Å². The van der Waals surface area contributed by atoms with E-state index in [9.17, 15) is 4.79 Å². The summed E-state index contributed by atoms with van der Waals surface area (Å²) >= 11 is 3.65. The second-order valence-corrected chi connectivity index (χ2v) is 7.77. The third kappa shape index (κ3) is 1.21. The number of Topliss-reactive ketones (excluding diaryl/α,β-unsaturated/α-hetero) is 1. The quantitative estimate of drug-likeness (QED) is 0.634. The number of rotatable bonds is 0. The van der Waals surface area contributed by atoms with Gasteiger partial charge in [0.1, 0.15) is 4.08 Å². The molecule has 78 valence electrons. The minimum absolute atomic E-state index is 0.0239. The molecule has 0 amide bonds. The molecule has 2 aliphatic rings. The van der Waals surface area contributed by atoms with Crippen LogP contribution < -0.4 is 0 Å². The first-order valence-corrected chi connectivity index (χ1v) is 6.91. The Bertz CT molecular complexity index is 317. The summed E-state index contributed by atoms with van der Waals surface area (Å²) in [5.41, 5.74) is 2.41. The Labute approximate surface area is 94.1 Å². The first kappa shape index (κ1) is 10.6. The lowest BCUT2D eigenvalue weighted by molar-refractivity contribution is -0.117. The highest BCUT2D eigenvalue weighted by Gasteiger charge is 2.56. The van der Waals surface area contributed by atoms with Crippen molar-refractivity contribution in [3.63, 3.8) is 0 Å². The molecule has 14 heavy (non-hydrogen) atoms. The van der Waals surface area contributed by atoms with Crippen LogP contribution in [0.25, 0.3) is 0 Å². The van der Waals surface area contributed by atoms with Gasteiger partial charge in [-0.3, -0.25) is 4.79 Å². The second kappa shape index (κ2) is 3.05. The first-order valence-electron chi connectivity index (χ1n) is 4.94. The zero-order valence-corrected chi connectivity index (χ0v) is 10.8. The Balaban J connectivity index is 2.39. The molecule has 1 aliphatic carbocycles. The number of hydrogen-bond donors (Lipinski definition) is 0. The van der Waals surface area contributed by atoms with Gasteiger partial charge in [0.2, 0.25) is 0 Å². The van der Waals surface area contributed by atoms with Crippen LogP contribution >= 0.6 is 23.5 Å². The zero-order valence-electron chi connectivity index (χ0n) is 9.14. The van der Waals surface area contributed by atoms with E-state index in [4.69, 9.17) is 0 Å². The van der Waals surface area contributed by atoms with Gasteiger partial charge in [-0.1, -0.05) is 20.8 Å². The molecule has 1 saturated heterocycles. The summed E-state index contributed by atoms with van der Waals surface area (Å²) in [7, 11) is 0. The lowest BCUT2D eigenvalue weighted by Gasteiger charge is -2.43. The molecule has 0 bridgehead atoms. The Morgan fingerprint density at radius 2 is 1.71 bits per heavy atom. The van der Waals surface area contributed by atoms with E-state index in [2.05, 4.69) is 27.7 Å². The molecule has 1 spiro atoms. The van der Waals surface area contributed by atoms with Crippen molar-refractivity contribution in [2.45, 2.75) is 31.8 Å². The highest BCUT2D eigenvalue weighted by Crippen LogP contribution is 2.60. The van der Waals surface area contributed by atoms with Gasteiger partial charge in [0.05, 0.1) is 0 Å². The van der Waals surface area contributed by atoms with Gasteiger partial charge in [0.15, 0.2) is 5.78 Å². The van der Waals surface area contributed by atoms with E-state index in [-0.39, 0.29) is 9.49 Å². The van der Waals surface area contributed by atoms with Gasteiger partial charge < -0.3 is 0 Å². The summed E-state index contributed by atoms with van der Waals surface area (Å²) in [4.78, 5) is 12.1. The van der Waals surface area contributed by atoms with Crippen LogP contribution in [-0.4, -0.2) is 21.4 Å². The predicted molar refractivity (Wildman–Crippen MR) is 64.8 cm³/mol. The zero-order chi connectivity index (χ0) is 10.6. The molecule has 0 atom stereocenters. The number of ketones is 1. The molecule has 1 heterocycles. The number of carbonyl (C=O) groups is 1. The summed E-state index contributed by atoms with van der Waals surface area (Å²) in [5.74, 6) is 2.62. The maximum atomic E-state index is 12.1. The van der Waals surface area contributed by atoms with Gasteiger partial charge in [0.25, 0.3) is 0 Å². The molecule has 0 radical (unpaired) electrons. The molecule has 0 unspecified atom stereocenters. The summed E-state index contributed by atoms with van der Waals surface area (Å²) < 4.78 is -0.164. The largest absolute Gasteiger partial charge is 0.292 e. The third-order valence-corrected chi connectivity index (χ3v) is 6.42. The topological polar surface area (TPSA) is 17.1 Å². The fourth-order valence-corrected chi connectivity index (χ4v) is 5.45. The monoisotopic (exact) mass is 228 g/mol. The Morgan fingerprint density at radius 3 is 2.07 bits per heavy atom. The number of allylic oxidation sites excluding steroid dienone is 1. The van der Waals surface area contributed by atoms with Crippen LogP contribution in [0.1, 0.15) is 27.7 Å². The Morgan fingerprint density at radius 1 is 1.21 bits per heavy atom. The molecule has 0 aromatic carbocycles. The molecule has 1 aliphatic heterocycles. The standard InChI is InChI=1S/C11H16OS2/c1-7-8(10(2,3)4)9(12)11(7)13-5-6-14-11/h5-6H2,1-4H3. The third-order valence-electron chi connectivity index (χ3n) is 2.84. The van der Waals surface area contributed by atoms with Crippen LogP contribution in [0, 0.1) is 5.41 Å². The minimum Gasteiger partial charge on any atom is -0.292 e. The molecular formula is C11H16OS2. The van der Waals surface area contributed by atoms with Crippen LogP contribution in [-0.2, 0) is 4.79 Å². The maximum Gasteiger partial charge on any atom is 0.189 e. The highest BCUT2D eigenvalue weighted by molar-refractivity contribution is 8.23. The predicted octanol–water partition coefficient (Wildman–Crippen LogP) is 3.11.